The molecule has 0 aliphatic carbocycles. The van der Waals surface area contributed by atoms with E-state index in [-0.39, 0.29) is 12.7 Å². The van der Waals surface area contributed by atoms with Gasteiger partial charge in [-0.2, -0.15) is 0 Å². The SMILES string of the molecule is CCN(CC1CCN(CCO)C1)C(=O)OCc1ccccc1. The predicted molar refractivity (Wildman–Crippen MR) is 85.5 cm³/mol. The van der Waals surface area contributed by atoms with Gasteiger partial charge < -0.3 is 19.6 Å². The van der Waals surface area contributed by atoms with Crippen molar-refractivity contribution in [3.63, 3.8) is 0 Å². The summed E-state index contributed by atoms with van der Waals surface area (Å²) in [5.41, 5.74) is 1.00. The van der Waals surface area contributed by atoms with Crippen molar-refractivity contribution in [3.05, 3.63) is 35.9 Å². The molecule has 1 fully saturated rings. The van der Waals surface area contributed by atoms with Gasteiger partial charge in [0.15, 0.2) is 0 Å². The zero-order valence-electron chi connectivity index (χ0n) is 13.3. The standard InChI is InChI=1S/C17H26N2O3/c1-2-19(13-16-8-9-18(12-16)10-11-20)17(21)22-14-15-6-4-3-5-7-15/h3-7,16,20H,2,8-14H2,1H3. The van der Waals surface area contributed by atoms with Crippen molar-refractivity contribution in [1.29, 1.82) is 0 Å². The fraction of sp³-hybridized carbons (Fsp3) is 0.588. The molecule has 5 heteroatoms. The first-order valence-electron chi connectivity index (χ1n) is 8.01. The number of ether oxygens (including phenoxy) is 1. The number of rotatable bonds is 7. The third-order valence-corrected chi connectivity index (χ3v) is 4.11. The molecule has 1 aliphatic rings. The molecule has 122 valence electrons. The van der Waals surface area contributed by atoms with Gasteiger partial charge in [0, 0.05) is 26.2 Å². The molecule has 0 aromatic heterocycles. The van der Waals surface area contributed by atoms with Crippen molar-refractivity contribution in [3.8, 4) is 0 Å². The van der Waals surface area contributed by atoms with Gasteiger partial charge in [-0.3, -0.25) is 0 Å². The molecule has 1 amide bonds. The Morgan fingerprint density at radius 2 is 2.18 bits per heavy atom. The first-order valence-corrected chi connectivity index (χ1v) is 8.01. The number of benzene rings is 1. The monoisotopic (exact) mass is 306 g/mol. The summed E-state index contributed by atoms with van der Waals surface area (Å²) >= 11 is 0. The third kappa shape index (κ3) is 5.00. The second-order valence-electron chi connectivity index (χ2n) is 5.76. The van der Waals surface area contributed by atoms with Crippen LogP contribution in [-0.2, 0) is 11.3 Å². The Kier molecular flexibility index (Phi) is 6.68. The van der Waals surface area contributed by atoms with Gasteiger partial charge in [0.25, 0.3) is 0 Å². The average molecular weight is 306 g/mol. The van der Waals surface area contributed by atoms with Gasteiger partial charge in [-0.25, -0.2) is 4.79 Å². The van der Waals surface area contributed by atoms with Crippen LogP contribution in [0.5, 0.6) is 0 Å². The normalized spacial score (nSPS) is 18.4. The number of aliphatic hydroxyl groups excluding tert-OH is 1. The quantitative estimate of drug-likeness (QED) is 0.837. The summed E-state index contributed by atoms with van der Waals surface area (Å²) in [4.78, 5) is 16.2. The molecule has 0 saturated carbocycles. The highest BCUT2D eigenvalue weighted by Crippen LogP contribution is 2.17. The summed E-state index contributed by atoms with van der Waals surface area (Å²) in [6.45, 7) is 6.55. The molecular weight excluding hydrogens is 280 g/mol. The van der Waals surface area contributed by atoms with Crippen LogP contribution < -0.4 is 0 Å². The summed E-state index contributed by atoms with van der Waals surface area (Å²) in [5.74, 6) is 0.468. The topological polar surface area (TPSA) is 53.0 Å². The smallest absolute Gasteiger partial charge is 0.410 e. The molecule has 1 aromatic carbocycles. The first-order chi connectivity index (χ1) is 10.7. The fourth-order valence-corrected chi connectivity index (χ4v) is 2.86. The zero-order valence-corrected chi connectivity index (χ0v) is 13.3. The van der Waals surface area contributed by atoms with Crippen molar-refractivity contribution in [1.82, 2.24) is 9.80 Å². The summed E-state index contributed by atoms with van der Waals surface area (Å²) in [6, 6.07) is 9.73. The second-order valence-corrected chi connectivity index (χ2v) is 5.76. The maximum absolute atomic E-state index is 12.2. The molecule has 1 aliphatic heterocycles. The number of hydrogen-bond donors (Lipinski definition) is 1. The average Bonchev–Trinajstić information content (AvgIpc) is 2.99. The van der Waals surface area contributed by atoms with E-state index in [1.807, 2.05) is 37.3 Å². The first kappa shape index (κ1) is 16.8. The maximum Gasteiger partial charge on any atom is 0.410 e. The van der Waals surface area contributed by atoms with Crippen LogP contribution in [0.4, 0.5) is 4.79 Å². The van der Waals surface area contributed by atoms with Crippen LogP contribution in [0.3, 0.4) is 0 Å². The van der Waals surface area contributed by atoms with Crippen LogP contribution in [0.25, 0.3) is 0 Å². The third-order valence-electron chi connectivity index (χ3n) is 4.11. The number of likely N-dealkylation sites (tertiary alicyclic amines) is 1. The molecule has 2 rings (SSSR count). The van der Waals surface area contributed by atoms with Gasteiger partial charge >= 0.3 is 6.09 Å². The van der Waals surface area contributed by atoms with Gasteiger partial charge in [0.1, 0.15) is 6.61 Å². The molecule has 1 aromatic rings. The molecule has 0 radical (unpaired) electrons. The molecule has 1 atom stereocenters. The molecule has 5 nitrogen and oxygen atoms in total. The zero-order chi connectivity index (χ0) is 15.8. The van der Waals surface area contributed by atoms with Crippen LogP contribution >= 0.6 is 0 Å². The number of nitrogens with zero attached hydrogens (tertiary/aromatic N) is 2. The Bertz CT molecular complexity index is 452. The van der Waals surface area contributed by atoms with Gasteiger partial charge in [-0.15, -0.1) is 0 Å². The van der Waals surface area contributed by atoms with Gasteiger partial charge in [-0.1, -0.05) is 30.3 Å². The van der Waals surface area contributed by atoms with E-state index in [9.17, 15) is 4.79 Å². The highest BCUT2D eigenvalue weighted by Gasteiger charge is 2.25. The molecule has 0 bridgehead atoms. The van der Waals surface area contributed by atoms with Gasteiger partial charge in [0.05, 0.1) is 6.61 Å². The van der Waals surface area contributed by atoms with E-state index in [1.54, 1.807) is 4.90 Å². The highest BCUT2D eigenvalue weighted by molar-refractivity contribution is 5.67. The molecule has 22 heavy (non-hydrogen) atoms. The minimum absolute atomic E-state index is 0.198. The molecule has 1 saturated heterocycles. The van der Waals surface area contributed by atoms with Crippen molar-refractivity contribution in [2.75, 3.05) is 39.3 Å². The minimum atomic E-state index is -0.244. The van der Waals surface area contributed by atoms with Crippen molar-refractivity contribution in [2.24, 2.45) is 5.92 Å². The van der Waals surface area contributed by atoms with E-state index in [0.717, 1.165) is 38.2 Å². The Morgan fingerprint density at radius 1 is 1.41 bits per heavy atom. The predicted octanol–water partition coefficient (Wildman–Crippen LogP) is 1.96. The molecular formula is C17H26N2O3. The number of carbonyl (C=O) groups is 1. The molecule has 0 spiro atoms. The Morgan fingerprint density at radius 3 is 2.86 bits per heavy atom. The van der Waals surface area contributed by atoms with Gasteiger partial charge in [-0.05, 0) is 31.4 Å². The Balaban J connectivity index is 1.77. The van der Waals surface area contributed by atoms with E-state index < -0.39 is 0 Å². The van der Waals surface area contributed by atoms with Crippen LogP contribution in [0.2, 0.25) is 0 Å². The largest absolute Gasteiger partial charge is 0.445 e. The summed E-state index contributed by atoms with van der Waals surface area (Å²) in [6.07, 6.45) is 0.828. The lowest BCUT2D eigenvalue weighted by atomic mass is 10.1. The lowest BCUT2D eigenvalue weighted by molar-refractivity contribution is 0.0922. The van der Waals surface area contributed by atoms with E-state index in [4.69, 9.17) is 9.84 Å². The molecule has 1 heterocycles. The van der Waals surface area contributed by atoms with Gasteiger partial charge in [0.2, 0.25) is 0 Å². The maximum atomic E-state index is 12.2. The molecule has 1 N–H and O–H groups in total. The van der Waals surface area contributed by atoms with Crippen LogP contribution in [-0.4, -0.2) is 60.3 Å². The van der Waals surface area contributed by atoms with Crippen molar-refractivity contribution >= 4 is 6.09 Å². The summed E-state index contributed by atoms with van der Waals surface area (Å²) in [7, 11) is 0. The van der Waals surface area contributed by atoms with Crippen LogP contribution in [0.15, 0.2) is 30.3 Å². The Labute approximate surface area is 132 Å². The number of carbonyl (C=O) groups excluding carboxylic acids is 1. The van der Waals surface area contributed by atoms with Crippen molar-refractivity contribution in [2.45, 2.75) is 20.0 Å². The lowest BCUT2D eigenvalue weighted by Crippen LogP contribution is -2.36. The van der Waals surface area contributed by atoms with E-state index in [0.29, 0.717) is 19.1 Å². The number of aliphatic hydroxyl groups is 1. The van der Waals surface area contributed by atoms with E-state index in [2.05, 4.69) is 4.90 Å². The van der Waals surface area contributed by atoms with E-state index in [1.165, 1.54) is 0 Å². The highest BCUT2D eigenvalue weighted by atomic mass is 16.6. The lowest BCUT2D eigenvalue weighted by Gasteiger charge is -2.24. The molecule has 1 unspecified atom stereocenters. The fourth-order valence-electron chi connectivity index (χ4n) is 2.86. The van der Waals surface area contributed by atoms with Crippen LogP contribution in [0.1, 0.15) is 18.9 Å². The van der Waals surface area contributed by atoms with E-state index >= 15 is 0 Å². The summed E-state index contributed by atoms with van der Waals surface area (Å²) < 4.78 is 5.40. The number of β-amino-alcohol motifs (C(OH)–C–C–N with tert-alkyl or cyclic N) is 1. The number of amides is 1. The second kappa shape index (κ2) is 8.76. The number of hydrogen-bond acceptors (Lipinski definition) is 4. The van der Waals surface area contributed by atoms with Crippen LogP contribution in [0, 0.1) is 5.92 Å². The summed E-state index contributed by atoms with van der Waals surface area (Å²) in [5, 5.41) is 8.98. The minimum Gasteiger partial charge on any atom is -0.445 e. The Hall–Kier alpha value is -1.59. The van der Waals surface area contributed by atoms with Crippen molar-refractivity contribution < 1.29 is 14.6 Å².